The monoisotopic (exact) mass is 360 g/mol. The molecule has 2 aromatic carbocycles. The maximum Gasteiger partial charge on any atom is 0.239 e. The molecular formula is C19H18ClFN2O2. The molecule has 25 heavy (non-hydrogen) atoms. The Balaban J connectivity index is 1.55. The van der Waals surface area contributed by atoms with Crippen LogP contribution in [0, 0.1) is 11.7 Å². The van der Waals surface area contributed by atoms with Crippen molar-refractivity contribution in [3.05, 3.63) is 64.9 Å². The average molecular weight is 361 g/mol. The SMILES string of the molecule is O=C(NCCc1ccccc1Cl)[C@@H]1CCN(c2ccc(F)cc2)C1=O. The second kappa shape index (κ2) is 7.66. The van der Waals surface area contributed by atoms with Gasteiger partial charge in [0, 0.05) is 23.8 Å². The standard InChI is InChI=1S/C19H18ClFN2O2/c20-17-4-2-1-3-13(17)9-11-22-18(24)16-10-12-23(19(16)25)15-7-5-14(21)6-8-15/h1-8,16H,9-12H2,(H,22,24)/t16-/m0/s1. The topological polar surface area (TPSA) is 49.4 Å². The van der Waals surface area contributed by atoms with Gasteiger partial charge in [-0.05, 0) is 48.7 Å². The minimum atomic E-state index is -0.698. The number of nitrogens with one attached hydrogen (secondary N) is 1. The van der Waals surface area contributed by atoms with E-state index in [1.807, 2.05) is 18.2 Å². The van der Waals surface area contributed by atoms with Crippen LogP contribution >= 0.6 is 11.6 Å². The molecule has 0 aliphatic carbocycles. The first-order valence-electron chi connectivity index (χ1n) is 8.14. The summed E-state index contributed by atoms with van der Waals surface area (Å²) in [5.41, 5.74) is 1.56. The number of benzene rings is 2. The van der Waals surface area contributed by atoms with Crippen molar-refractivity contribution in [2.45, 2.75) is 12.8 Å². The van der Waals surface area contributed by atoms with Crippen LogP contribution in [0.1, 0.15) is 12.0 Å². The van der Waals surface area contributed by atoms with Crippen molar-refractivity contribution >= 4 is 29.1 Å². The zero-order valence-corrected chi connectivity index (χ0v) is 14.3. The van der Waals surface area contributed by atoms with Crippen LogP contribution in [-0.4, -0.2) is 24.9 Å². The summed E-state index contributed by atoms with van der Waals surface area (Å²) in [6, 6.07) is 13.2. The van der Waals surface area contributed by atoms with Gasteiger partial charge in [-0.25, -0.2) is 4.39 Å². The highest BCUT2D eigenvalue weighted by Gasteiger charge is 2.37. The van der Waals surface area contributed by atoms with Crippen LogP contribution in [0.25, 0.3) is 0 Å². The van der Waals surface area contributed by atoms with Crippen LogP contribution in [-0.2, 0) is 16.0 Å². The highest BCUT2D eigenvalue weighted by molar-refractivity contribution is 6.31. The lowest BCUT2D eigenvalue weighted by atomic mass is 10.1. The van der Waals surface area contributed by atoms with Crippen LogP contribution < -0.4 is 10.2 Å². The molecule has 4 nitrogen and oxygen atoms in total. The molecule has 1 fully saturated rings. The number of rotatable bonds is 5. The minimum Gasteiger partial charge on any atom is -0.355 e. The van der Waals surface area contributed by atoms with E-state index >= 15 is 0 Å². The molecule has 0 radical (unpaired) electrons. The Morgan fingerprint density at radius 2 is 1.92 bits per heavy atom. The highest BCUT2D eigenvalue weighted by atomic mass is 35.5. The van der Waals surface area contributed by atoms with E-state index in [2.05, 4.69) is 5.32 Å². The second-order valence-electron chi connectivity index (χ2n) is 5.94. The van der Waals surface area contributed by atoms with E-state index in [9.17, 15) is 14.0 Å². The summed E-state index contributed by atoms with van der Waals surface area (Å²) in [4.78, 5) is 26.3. The molecule has 0 unspecified atom stereocenters. The summed E-state index contributed by atoms with van der Waals surface area (Å²) < 4.78 is 13.0. The first kappa shape index (κ1) is 17.4. The van der Waals surface area contributed by atoms with Crippen molar-refractivity contribution in [1.82, 2.24) is 5.32 Å². The molecule has 1 saturated heterocycles. The van der Waals surface area contributed by atoms with Gasteiger partial charge >= 0.3 is 0 Å². The maximum atomic E-state index is 13.0. The van der Waals surface area contributed by atoms with E-state index in [4.69, 9.17) is 11.6 Å². The van der Waals surface area contributed by atoms with Crippen molar-refractivity contribution < 1.29 is 14.0 Å². The molecule has 0 bridgehead atoms. The third-order valence-electron chi connectivity index (χ3n) is 4.31. The Kier molecular flexibility index (Phi) is 5.34. The Morgan fingerprint density at radius 3 is 2.64 bits per heavy atom. The first-order chi connectivity index (χ1) is 12.1. The zero-order valence-electron chi connectivity index (χ0n) is 13.5. The van der Waals surface area contributed by atoms with Gasteiger partial charge in [-0.3, -0.25) is 9.59 Å². The van der Waals surface area contributed by atoms with Gasteiger partial charge in [0.05, 0.1) is 0 Å². The van der Waals surface area contributed by atoms with Crippen molar-refractivity contribution in [3.63, 3.8) is 0 Å². The quantitative estimate of drug-likeness (QED) is 0.832. The lowest BCUT2D eigenvalue weighted by molar-refractivity contribution is -0.132. The van der Waals surface area contributed by atoms with Gasteiger partial charge in [0.1, 0.15) is 11.7 Å². The lowest BCUT2D eigenvalue weighted by Gasteiger charge is -2.16. The van der Waals surface area contributed by atoms with Gasteiger partial charge in [0.2, 0.25) is 11.8 Å². The number of halogens is 2. The molecule has 0 saturated carbocycles. The van der Waals surface area contributed by atoms with E-state index in [1.165, 1.54) is 17.0 Å². The van der Waals surface area contributed by atoms with Gasteiger partial charge in [0.15, 0.2) is 0 Å². The number of hydrogen-bond acceptors (Lipinski definition) is 2. The predicted molar refractivity (Wildman–Crippen MR) is 95.0 cm³/mol. The van der Waals surface area contributed by atoms with Crippen LogP contribution in [0.5, 0.6) is 0 Å². The second-order valence-corrected chi connectivity index (χ2v) is 6.35. The van der Waals surface area contributed by atoms with E-state index in [-0.39, 0.29) is 17.6 Å². The minimum absolute atomic E-state index is 0.248. The van der Waals surface area contributed by atoms with Crippen LogP contribution in [0.4, 0.5) is 10.1 Å². The fourth-order valence-corrected chi connectivity index (χ4v) is 3.18. The van der Waals surface area contributed by atoms with Gasteiger partial charge in [-0.2, -0.15) is 0 Å². The van der Waals surface area contributed by atoms with Gasteiger partial charge < -0.3 is 10.2 Å². The van der Waals surface area contributed by atoms with Crippen molar-refractivity contribution in [3.8, 4) is 0 Å². The Morgan fingerprint density at radius 1 is 1.20 bits per heavy atom. The molecule has 130 valence electrons. The number of nitrogens with zero attached hydrogens (tertiary/aromatic N) is 1. The third-order valence-corrected chi connectivity index (χ3v) is 4.68. The number of carbonyl (C=O) groups excluding carboxylic acids is 2. The maximum absolute atomic E-state index is 13.0. The molecule has 0 spiro atoms. The molecule has 1 aliphatic rings. The fourth-order valence-electron chi connectivity index (χ4n) is 2.95. The summed E-state index contributed by atoms with van der Waals surface area (Å²) >= 11 is 6.09. The normalized spacial score (nSPS) is 17.0. The highest BCUT2D eigenvalue weighted by Crippen LogP contribution is 2.25. The van der Waals surface area contributed by atoms with E-state index in [0.29, 0.717) is 36.6 Å². The van der Waals surface area contributed by atoms with Gasteiger partial charge in [0.25, 0.3) is 0 Å². The van der Waals surface area contributed by atoms with Crippen LogP contribution in [0.2, 0.25) is 5.02 Å². The Labute approximate surface area is 150 Å². The van der Waals surface area contributed by atoms with E-state index in [1.54, 1.807) is 18.2 Å². The molecule has 2 amide bonds. The van der Waals surface area contributed by atoms with E-state index < -0.39 is 5.92 Å². The molecule has 1 heterocycles. The van der Waals surface area contributed by atoms with E-state index in [0.717, 1.165) is 5.56 Å². The van der Waals surface area contributed by atoms with Gasteiger partial charge in [-0.1, -0.05) is 29.8 Å². The fraction of sp³-hybridized carbons (Fsp3) is 0.263. The van der Waals surface area contributed by atoms with Crippen LogP contribution in [0.3, 0.4) is 0 Å². The summed E-state index contributed by atoms with van der Waals surface area (Å²) in [6.45, 7) is 0.871. The summed E-state index contributed by atoms with van der Waals surface area (Å²) in [5.74, 6) is -1.58. The number of anilines is 1. The molecule has 0 aromatic heterocycles. The van der Waals surface area contributed by atoms with Crippen molar-refractivity contribution in [2.75, 3.05) is 18.0 Å². The number of hydrogen-bond donors (Lipinski definition) is 1. The average Bonchev–Trinajstić information content (AvgIpc) is 2.99. The summed E-state index contributed by atoms with van der Waals surface area (Å²) in [6.07, 6.45) is 1.06. The molecule has 1 N–H and O–H groups in total. The van der Waals surface area contributed by atoms with Crippen molar-refractivity contribution in [2.24, 2.45) is 5.92 Å². The number of carbonyl (C=O) groups is 2. The molecule has 1 aliphatic heterocycles. The molecular weight excluding hydrogens is 343 g/mol. The summed E-state index contributed by atoms with van der Waals surface area (Å²) in [7, 11) is 0. The molecule has 6 heteroatoms. The molecule has 3 rings (SSSR count). The smallest absolute Gasteiger partial charge is 0.239 e. The largest absolute Gasteiger partial charge is 0.355 e. The zero-order chi connectivity index (χ0) is 17.8. The molecule has 1 atom stereocenters. The third kappa shape index (κ3) is 3.99. The first-order valence-corrected chi connectivity index (χ1v) is 8.52. The summed E-state index contributed by atoms with van der Waals surface area (Å²) in [5, 5.41) is 3.47. The number of amides is 2. The Hall–Kier alpha value is -2.40. The van der Waals surface area contributed by atoms with Crippen molar-refractivity contribution in [1.29, 1.82) is 0 Å². The molecule has 2 aromatic rings. The van der Waals surface area contributed by atoms with Crippen LogP contribution in [0.15, 0.2) is 48.5 Å². The predicted octanol–water partition coefficient (Wildman–Crippen LogP) is 3.19. The lowest BCUT2D eigenvalue weighted by Crippen LogP contribution is -2.37. The Bertz CT molecular complexity index is 779. The van der Waals surface area contributed by atoms with Gasteiger partial charge in [-0.15, -0.1) is 0 Å².